The molecule has 1 aromatic carbocycles. The Labute approximate surface area is 109 Å². The smallest absolute Gasteiger partial charge is 0.292 e. The Balaban J connectivity index is 2.03. The Morgan fingerprint density at radius 1 is 1.58 bits per heavy atom. The number of nitrogens with zero attached hydrogens (tertiary/aromatic N) is 1. The van der Waals surface area contributed by atoms with Crippen molar-refractivity contribution in [3.8, 4) is 0 Å². The van der Waals surface area contributed by atoms with Crippen molar-refractivity contribution in [3.05, 3.63) is 34.1 Å². The molecule has 0 aromatic heterocycles. The minimum atomic E-state index is -0.653. The molecule has 0 amide bonds. The molecule has 104 valence electrons. The predicted octanol–water partition coefficient (Wildman–Crippen LogP) is 2.30. The van der Waals surface area contributed by atoms with Crippen molar-refractivity contribution in [1.29, 1.82) is 0 Å². The van der Waals surface area contributed by atoms with E-state index in [1.165, 1.54) is 0 Å². The molecule has 1 saturated heterocycles. The zero-order valence-corrected chi connectivity index (χ0v) is 10.7. The van der Waals surface area contributed by atoms with Gasteiger partial charge >= 0.3 is 0 Å². The van der Waals surface area contributed by atoms with Crippen LogP contribution in [0.5, 0.6) is 0 Å². The number of halogens is 1. The molecule has 2 rings (SSSR count). The molecular weight excluding hydrogens is 255 g/mol. The highest BCUT2D eigenvalue weighted by molar-refractivity contribution is 5.61. The second kappa shape index (κ2) is 5.10. The summed E-state index contributed by atoms with van der Waals surface area (Å²) in [4.78, 5) is 10.3. The van der Waals surface area contributed by atoms with E-state index < -0.39 is 16.5 Å². The Morgan fingerprint density at radius 2 is 2.32 bits per heavy atom. The van der Waals surface area contributed by atoms with E-state index in [-0.39, 0.29) is 17.5 Å². The van der Waals surface area contributed by atoms with Crippen LogP contribution in [0.25, 0.3) is 0 Å². The second-order valence-electron chi connectivity index (χ2n) is 4.75. The fourth-order valence-corrected chi connectivity index (χ4v) is 1.90. The number of hydrogen-bond acceptors (Lipinski definition) is 5. The Morgan fingerprint density at radius 3 is 2.89 bits per heavy atom. The van der Waals surface area contributed by atoms with Crippen LogP contribution in [0.15, 0.2) is 18.2 Å². The van der Waals surface area contributed by atoms with Gasteiger partial charge < -0.3 is 14.8 Å². The van der Waals surface area contributed by atoms with Crippen LogP contribution in [0.4, 0.5) is 15.8 Å². The van der Waals surface area contributed by atoms with E-state index in [4.69, 9.17) is 9.47 Å². The highest BCUT2D eigenvalue weighted by Gasteiger charge is 2.32. The molecule has 1 N–H and O–H groups in total. The van der Waals surface area contributed by atoms with Gasteiger partial charge in [-0.25, -0.2) is 4.39 Å². The summed E-state index contributed by atoms with van der Waals surface area (Å²) in [7, 11) is 0. The average Bonchev–Trinajstić information content (AvgIpc) is 2.66. The molecule has 1 aliphatic rings. The number of anilines is 1. The van der Waals surface area contributed by atoms with Gasteiger partial charge in [-0.2, -0.15) is 0 Å². The fourth-order valence-electron chi connectivity index (χ4n) is 1.90. The maximum Gasteiger partial charge on any atom is 0.292 e. The van der Waals surface area contributed by atoms with E-state index in [0.29, 0.717) is 13.2 Å². The fraction of sp³-hybridized carbons (Fsp3) is 0.500. The van der Waals surface area contributed by atoms with E-state index in [2.05, 4.69) is 5.32 Å². The summed E-state index contributed by atoms with van der Waals surface area (Å²) < 4.78 is 24.0. The summed E-state index contributed by atoms with van der Waals surface area (Å²) in [5, 5.41) is 13.6. The Bertz CT molecular complexity index is 493. The maximum absolute atomic E-state index is 13.1. The van der Waals surface area contributed by atoms with Crippen LogP contribution < -0.4 is 5.32 Å². The molecule has 7 heteroatoms. The zero-order valence-electron chi connectivity index (χ0n) is 10.7. The maximum atomic E-state index is 13.1. The summed E-state index contributed by atoms with van der Waals surface area (Å²) in [6.07, 6.45) is -0.224. The van der Waals surface area contributed by atoms with Gasteiger partial charge in [0.2, 0.25) is 0 Å². The van der Waals surface area contributed by atoms with Crippen LogP contribution in [0.1, 0.15) is 13.8 Å². The molecule has 0 aliphatic carbocycles. The van der Waals surface area contributed by atoms with E-state index in [1.807, 2.05) is 0 Å². The summed E-state index contributed by atoms with van der Waals surface area (Å²) in [6.45, 7) is 4.28. The van der Waals surface area contributed by atoms with Crippen molar-refractivity contribution in [2.75, 3.05) is 18.5 Å². The van der Waals surface area contributed by atoms with Crippen LogP contribution in [-0.4, -0.2) is 30.0 Å². The van der Waals surface area contributed by atoms with Gasteiger partial charge in [-0.3, -0.25) is 10.1 Å². The number of ether oxygens (including phenoxy) is 2. The van der Waals surface area contributed by atoms with Crippen molar-refractivity contribution >= 4 is 11.4 Å². The largest absolute Gasteiger partial charge is 0.377 e. The van der Waals surface area contributed by atoms with Crippen LogP contribution in [0.3, 0.4) is 0 Å². The molecular formula is C12H15FN2O4. The van der Waals surface area contributed by atoms with E-state index in [9.17, 15) is 14.5 Å². The number of nitrogens with one attached hydrogen (secondary N) is 1. The first kappa shape index (κ1) is 13.7. The lowest BCUT2D eigenvalue weighted by Crippen LogP contribution is -2.26. The lowest BCUT2D eigenvalue weighted by atomic mass is 10.2. The third-order valence-corrected chi connectivity index (χ3v) is 2.74. The molecule has 1 fully saturated rings. The zero-order chi connectivity index (χ0) is 14.0. The van der Waals surface area contributed by atoms with Gasteiger partial charge in [0, 0.05) is 18.7 Å². The molecule has 1 atom stereocenters. The van der Waals surface area contributed by atoms with Gasteiger partial charge in [0.1, 0.15) is 17.6 Å². The number of hydrogen-bond donors (Lipinski definition) is 1. The lowest BCUT2D eigenvalue weighted by Gasteiger charge is -2.17. The van der Waals surface area contributed by atoms with Gasteiger partial charge in [-0.15, -0.1) is 0 Å². The van der Waals surface area contributed by atoms with E-state index >= 15 is 0 Å². The topological polar surface area (TPSA) is 73.6 Å². The van der Waals surface area contributed by atoms with Gasteiger partial charge in [0.25, 0.3) is 5.69 Å². The first-order chi connectivity index (χ1) is 8.87. The standard InChI is InChI=1S/C12H15FN2O4/c1-12(2)18-7-9(19-12)6-14-10-5-8(13)3-4-11(10)15(16)17/h3-5,9,14H,6-7H2,1-2H3. The highest BCUT2D eigenvalue weighted by atomic mass is 19.1. The van der Waals surface area contributed by atoms with Crippen LogP contribution in [0, 0.1) is 15.9 Å². The quantitative estimate of drug-likeness (QED) is 0.671. The third-order valence-electron chi connectivity index (χ3n) is 2.74. The first-order valence-electron chi connectivity index (χ1n) is 5.87. The van der Waals surface area contributed by atoms with Crippen LogP contribution >= 0.6 is 0 Å². The predicted molar refractivity (Wildman–Crippen MR) is 66.4 cm³/mol. The molecule has 1 heterocycles. The Hall–Kier alpha value is -1.73. The highest BCUT2D eigenvalue weighted by Crippen LogP contribution is 2.27. The van der Waals surface area contributed by atoms with Crippen LogP contribution in [0.2, 0.25) is 0 Å². The minimum absolute atomic E-state index is 0.137. The van der Waals surface area contributed by atoms with Crippen LogP contribution in [-0.2, 0) is 9.47 Å². The third kappa shape index (κ3) is 3.39. The molecule has 19 heavy (non-hydrogen) atoms. The van der Waals surface area contributed by atoms with Crippen molar-refractivity contribution in [3.63, 3.8) is 0 Å². The Kier molecular flexibility index (Phi) is 3.68. The molecule has 1 aromatic rings. The molecule has 0 saturated carbocycles. The molecule has 1 unspecified atom stereocenters. The minimum Gasteiger partial charge on any atom is -0.377 e. The molecule has 6 nitrogen and oxygen atoms in total. The van der Waals surface area contributed by atoms with E-state index in [0.717, 1.165) is 18.2 Å². The lowest BCUT2D eigenvalue weighted by molar-refractivity contribution is -0.384. The van der Waals surface area contributed by atoms with Gasteiger partial charge in [0.15, 0.2) is 5.79 Å². The van der Waals surface area contributed by atoms with Crippen molar-refractivity contribution in [2.45, 2.75) is 25.7 Å². The first-order valence-corrected chi connectivity index (χ1v) is 5.87. The number of rotatable bonds is 4. The summed E-state index contributed by atoms with van der Waals surface area (Å²) in [5.74, 6) is -1.18. The summed E-state index contributed by atoms with van der Waals surface area (Å²) >= 11 is 0. The molecule has 0 bridgehead atoms. The molecule has 0 radical (unpaired) electrons. The number of nitro benzene ring substituents is 1. The number of nitro groups is 1. The normalized spacial score (nSPS) is 21.3. The van der Waals surface area contributed by atoms with Gasteiger partial charge in [0.05, 0.1) is 11.5 Å². The SMILES string of the molecule is CC1(C)OCC(CNc2cc(F)ccc2[N+](=O)[O-])O1. The average molecular weight is 270 g/mol. The molecule has 1 aliphatic heterocycles. The number of benzene rings is 1. The van der Waals surface area contributed by atoms with Gasteiger partial charge in [-0.1, -0.05) is 0 Å². The van der Waals surface area contributed by atoms with E-state index in [1.54, 1.807) is 13.8 Å². The summed E-state index contributed by atoms with van der Waals surface area (Å²) in [5.41, 5.74) is -0.0297. The summed E-state index contributed by atoms with van der Waals surface area (Å²) in [6, 6.07) is 3.29. The monoisotopic (exact) mass is 270 g/mol. The van der Waals surface area contributed by atoms with Crippen molar-refractivity contribution < 1.29 is 18.8 Å². The molecule has 0 spiro atoms. The van der Waals surface area contributed by atoms with Gasteiger partial charge in [-0.05, 0) is 19.9 Å². The van der Waals surface area contributed by atoms with Crippen molar-refractivity contribution in [2.24, 2.45) is 0 Å². The van der Waals surface area contributed by atoms with Crippen molar-refractivity contribution in [1.82, 2.24) is 0 Å². The second-order valence-corrected chi connectivity index (χ2v) is 4.75.